The first kappa shape index (κ1) is 29.5. The number of aromatic amines is 1. The normalized spacial score (nSPS) is 15.4. The third-order valence-corrected chi connectivity index (χ3v) is 5.00. The van der Waals surface area contributed by atoms with Crippen LogP contribution in [0.25, 0.3) is 0 Å². The predicted octanol–water partition coefficient (Wildman–Crippen LogP) is -1.89. The van der Waals surface area contributed by atoms with Crippen LogP contribution in [0.3, 0.4) is 0 Å². The van der Waals surface area contributed by atoms with E-state index in [-0.39, 0.29) is 18.8 Å². The van der Waals surface area contributed by atoms with Gasteiger partial charge in [-0.05, 0) is 25.7 Å². The molecule has 1 heterocycles. The first-order chi connectivity index (χ1) is 16.3. The van der Waals surface area contributed by atoms with Crippen LogP contribution in [0.15, 0.2) is 12.5 Å². The summed E-state index contributed by atoms with van der Waals surface area (Å²) in [5.74, 6) is -5.16. The number of nitrogens with zero attached hydrogens (tertiary/aromatic N) is 1. The summed E-state index contributed by atoms with van der Waals surface area (Å²) in [7, 11) is 0. The van der Waals surface area contributed by atoms with E-state index in [1.54, 1.807) is 0 Å². The molecule has 1 aromatic rings. The zero-order valence-electron chi connectivity index (χ0n) is 19.9. The number of carboxylic acid groups (broad SMARTS) is 2. The lowest BCUT2D eigenvalue weighted by molar-refractivity contribution is -0.144. The lowest BCUT2D eigenvalue weighted by Gasteiger charge is -2.27. The van der Waals surface area contributed by atoms with Gasteiger partial charge >= 0.3 is 11.9 Å². The highest BCUT2D eigenvalue weighted by Gasteiger charge is 2.33. The van der Waals surface area contributed by atoms with Gasteiger partial charge < -0.3 is 42.0 Å². The van der Waals surface area contributed by atoms with Gasteiger partial charge in [-0.15, -0.1) is 0 Å². The molecule has 5 unspecified atom stereocenters. The molecule has 14 heteroatoms. The number of nitrogens with one attached hydrogen (secondary N) is 4. The fourth-order valence-electron chi connectivity index (χ4n) is 3.15. The minimum absolute atomic E-state index is 0.0406. The third kappa shape index (κ3) is 10.5. The lowest BCUT2D eigenvalue weighted by Crippen LogP contribution is -2.60. The largest absolute Gasteiger partial charge is 0.481 e. The number of hydrogen-bond acceptors (Lipinski definition) is 8. The summed E-state index contributed by atoms with van der Waals surface area (Å²) in [4.78, 5) is 66.9. The van der Waals surface area contributed by atoms with Crippen molar-refractivity contribution in [1.29, 1.82) is 0 Å². The number of carbonyl (C=O) groups is 5. The van der Waals surface area contributed by atoms with Gasteiger partial charge in [0, 0.05) is 24.7 Å². The number of imidazole rings is 1. The number of aliphatic hydroxyl groups is 1. The molecule has 5 atom stereocenters. The Morgan fingerprint density at radius 1 is 1.00 bits per heavy atom. The van der Waals surface area contributed by atoms with Crippen molar-refractivity contribution in [1.82, 2.24) is 25.9 Å². The van der Waals surface area contributed by atoms with Crippen LogP contribution in [-0.4, -0.2) is 85.2 Å². The maximum atomic E-state index is 12.9. The Morgan fingerprint density at radius 2 is 1.63 bits per heavy atom. The van der Waals surface area contributed by atoms with Crippen molar-refractivity contribution in [3.8, 4) is 0 Å². The Kier molecular flexibility index (Phi) is 11.8. The molecule has 0 spiro atoms. The fraction of sp³-hybridized carbons (Fsp3) is 0.619. The van der Waals surface area contributed by atoms with Crippen molar-refractivity contribution in [2.75, 3.05) is 0 Å². The SMILES string of the molecule is CC(C)CC(NC(=O)C(N)Cc1cnc[nH]1)C(=O)NC(C(=O)NC(CCC(=O)O)C(=O)O)C(C)O. The van der Waals surface area contributed by atoms with Crippen LogP contribution < -0.4 is 21.7 Å². The van der Waals surface area contributed by atoms with Crippen LogP contribution in [0.1, 0.15) is 45.7 Å². The zero-order chi connectivity index (χ0) is 26.7. The van der Waals surface area contributed by atoms with Gasteiger partial charge in [-0.3, -0.25) is 19.2 Å². The Morgan fingerprint density at radius 3 is 2.11 bits per heavy atom. The summed E-state index contributed by atoms with van der Waals surface area (Å²) >= 11 is 0. The Hall–Kier alpha value is -3.52. The first-order valence-electron chi connectivity index (χ1n) is 11.1. The van der Waals surface area contributed by atoms with Crippen molar-refractivity contribution in [3.63, 3.8) is 0 Å². The molecule has 0 aliphatic rings. The molecule has 0 aliphatic carbocycles. The molecule has 1 rings (SSSR count). The van der Waals surface area contributed by atoms with Crippen LogP contribution in [0.2, 0.25) is 0 Å². The van der Waals surface area contributed by atoms with E-state index in [1.165, 1.54) is 19.4 Å². The van der Waals surface area contributed by atoms with Crippen molar-refractivity contribution in [3.05, 3.63) is 18.2 Å². The number of carboxylic acids is 2. The summed E-state index contributed by atoms with van der Waals surface area (Å²) in [6.07, 6.45) is 0.962. The van der Waals surface area contributed by atoms with Crippen LogP contribution in [0.5, 0.6) is 0 Å². The van der Waals surface area contributed by atoms with Crippen LogP contribution in [0, 0.1) is 5.92 Å². The average Bonchev–Trinajstić information content (AvgIpc) is 3.26. The van der Waals surface area contributed by atoms with Gasteiger partial charge in [-0.1, -0.05) is 13.8 Å². The number of carbonyl (C=O) groups excluding carboxylic acids is 3. The highest BCUT2D eigenvalue weighted by molar-refractivity contribution is 5.94. The van der Waals surface area contributed by atoms with Crippen molar-refractivity contribution < 1.29 is 39.3 Å². The molecule has 0 bridgehead atoms. The molecule has 1 aromatic heterocycles. The monoisotopic (exact) mass is 498 g/mol. The summed E-state index contributed by atoms with van der Waals surface area (Å²) in [5, 5.41) is 35.1. The highest BCUT2D eigenvalue weighted by Crippen LogP contribution is 2.08. The topological polar surface area (TPSA) is 237 Å². The molecule has 0 saturated heterocycles. The second-order valence-corrected chi connectivity index (χ2v) is 8.64. The predicted molar refractivity (Wildman–Crippen MR) is 122 cm³/mol. The van der Waals surface area contributed by atoms with E-state index in [0.717, 1.165) is 0 Å². The van der Waals surface area contributed by atoms with E-state index in [4.69, 9.17) is 10.8 Å². The highest BCUT2D eigenvalue weighted by atomic mass is 16.4. The smallest absolute Gasteiger partial charge is 0.326 e. The molecule has 0 radical (unpaired) electrons. The summed E-state index contributed by atoms with van der Waals surface area (Å²) in [6, 6.07) is -5.17. The number of H-pyrrole nitrogens is 1. The molecule has 0 fully saturated rings. The minimum Gasteiger partial charge on any atom is -0.481 e. The molecule has 0 aromatic carbocycles. The summed E-state index contributed by atoms with van der Waals surface area (Å²) in [5.41, 5.74) is 6.55. The van der Waals surface area contributed by atoms with Gasteiger partial charge in [-0.2, -0.15) is 0 Å². The molecule has 35 heavy (non-hydrogen) atoms. The van der Waals surface area contributed by atoms with E-state index >= 15 is 0 Å². The van der Waals surface area contributed by atoms with E-state index < -0.39 is 72.8 Å². The van der Waals surface area contributed by atoms with Crippen molar-refractivity contribution in [2.45, 2.75) is 76.7 Å². The Balaban J connectivity index is 2.90. The molecule has 9 N–H and O–H groups in total. The maximum absolute atomic E-state index is 12.9. The van der Waals surface area contributed by atoms with Gasteiger partial charge in [0.05, 0.1) is 18.5 Å². The molecular formula is C21H34N6O8. The lowest BCUT2D eigenvalue weighted by atomic mass is 10.0. The number of aliphatic hydroxyl groups excluding tert-OH is 1. The third-order valence-electron chi connectivity index (χ3n) is 5.00. The van der Waals surface area contributed by atoms with E-state index in [0.29, 0.717) is 5.69 Å². The minimum atomic E-state index is -1.56. The number of nitrogens with two attached hydrogens (primary N) is 1. The second-order valence-electron chi connectivity index (χ2n) is 8.64. The standard InChI is InChI=1S/C21H34N6O8/c1-10(2)6-15(26-18(31)13(22)7-12-8-23-9-24-12)19(32)27-17(11(3)28)20(33)25-14(21(34)35)4-5-16(29)30/h8-11,13-15,17,28H,4-7,22H2,1-3H3,(H,23,24)(H,25,33)(H,26,31)(H,27,32)(H,29,30)(H,34,35). The molecule has 3 amide bonds. The molecular weight excluding hydrogens is 464 g/mol. The molecule has 0 saturated carbocycles. The Labute approximate surface area is 202 Å². The number of aromatic nitrogens is 2. The number of aliphatic carboxylic acids is 2. The van der Waals surface area contributed by atoms with E-state index in [1.807, 2.05) is 13.8 Å². The fourth-order valence-corrected chi connectivity index (χ4v) is 3.15. The quantitative estimate of drug-likeness (QED) is 0.134. The van der Waals surface area contributed by atoms with Crippen LogP contribution >= 0.6 is 0 Å². The number of rotatable bonds is 15. The maximum Gasteiger partial charge on any atom is 0.326 e. The first-order valence-corrected chi connectivity index (χ1v) is 11.1. The second kappa shape index (κ2) is 14.0. The van der Waals surface area contributed by atoms with E-state index in [2.05, 4.69) is 25.9 Å². The van der Waals surface area contributed by atoms with Gasteiger partial charge in [0.1, 0.15) is 18.1 Å². The average molecular weight is 499 g/mol. The van der Waals surface area contributed by atoms with Gasteiger partial charge in [0.15, 0.2) is 0 Å². The number of hydrogen-bond donors (Lipinski definition) is 8. The van der Waals surface area contributed by atoms with Crippen LogP contribution in [0.4, 0.5) is 0 Å². The van der Waals surface area contributed by atoms with Gasteiger partial charge in [0.25, 0.3) is 0 Å². The van der Waals surface area contributed by atoms with Gasteiger partial charge in [0.2, 0.25) is 17.7 Å². The molecule has 196 valence electrons. The molecule has 14 nitrogen and oxygen atoms in total. The molecule has 0 aliphatic heterocycles. The summed E-state index contributed by atoms with van der Waals surface area (Å²) < 4.78 is 0. The number of amides is 3. The van der Waals surface area contributed by atoms with Gasteiger partial charge in [-0.25, -0.2) is 9.78 Å². The zero-order valence-corrected chi connectivity index (χ0v) is 19.9. The van der Waals surface area contributed by atoms with E-state index in [9.17, 15) is 34.2 Å². The van der Waals surface area contributed by atoms with Crippen LogP contribution in [-0.2, 0) is 30.4 Å². The Bertz CT molecular complexity index is 873. The van der Waals surface area contributed by atoms with Crippen molar-refractivity contribution in [2.24, 2.45) is 11.7 Å². The summed E-state index contributed by atoms with van der Waals surface area (Å²) in [6.45, 7) is 4.85. The van der Waals surface area contributed by atoms with Crippen molar-refractivity contribution >= 4 is 29.7 Å².